The quantitative estimate of drug-likeness (QED) is 0.873. The fourth-order valence-electron chi connectivity index (χ4n) is 2.97. The van der Waals surface area contributed by atoms with E-state index in [0.29, 0.717) is 10.8 Å². The highest BCUT2D eigenvalue weighted by molar-refractivity contribution is 8.00. The van der Waals surface area contributed by atoms with Crippen molar-refractivity contribution in [2.75, 3.05) is 12.8 Å². The van der Waals surface area contributed by atoms with Crippen LogP contribution >= 0.6 is 11.8 Å². The van der Waals surface area contributed by atoms with Gasteiger partial charge < -0.3 is 5.32 Å². The standard InChI is InChI=1S/C15H23NS/c1-11-6-7-13(12(2)10-11)14(16-4)15(3)8-5-9-17-15/h6-7,10,14,16H,5,8-9H2,1-4H3. The predicted molar refractivity (Wildman–Crippen MR) is 77.8 cm³/mol. The summed E-state index contributed by atoms with van der Waals surface area (Å²) in [6.07, 6.45) is 2.67. The molecule has 2 atom stereocenters. The molecule has 1 aliphatic heterocycles. The lowest BCUT2D eigenvalue weighted by atomic mass is 9.87. The van der Waals surface area contributed by atoms with E-state index in [-0.39, 0.29) is 0 Å². The van der Waals surface area contributed by atoms with Crippen molar-refractivity contribution >= 4 is 11.8 Å². The van der Waals surface area contributed by atoms with Gasteiger partial charge in [0, 0.05) is 10.8 Å². The summed E-state index contributed by atoms with van der Waals surface area (Å²) in [7, 11) is 2.09. The lowest BCUT2D eigenvalue weighted by molar-refractivity contribution is 0.439. The highest BCUT2D eigenvalue weighted by atomic mass is 32.2. The summed E-state index contributed by atoms with van der Waals surface area (Å²) >= 11 is 2.12. The topological polar surface area (TPSA) is 12.0 Å². The summed E-state index contributed by atoms with van der Waals surface area (Å²) in [5.41, 5.74) is 4.23. The third-order valence-corrected chi connectivity index (χ3v) is 5.48. The first kappa shape index (κ1) is 13.0. The average Bonchev–Trinajstić information content (AvgIpc) is 2.70. The third kappa shape index (κ3) is 2.53. The molecule has 0 radical (unpaired) electrons. The summed E-state index contributed by atoms with van der Waals surface area (Å²) < 4.78 is 0.356. The van der Waals surface area contributed by atoms with Crippen LogP contribution in [0.5, 0.6) is 0 Å². The largest absolute Gasteiger partial charge is 0.312 e. The molecular formula is C15H23NS. The lowest BCUT2D eigenvalue weighted by Crippen LogP contribution is -2.36. The van der Waals surface area contributed by atoms with Crippen LogP contribution in [0.25, 0.3) is 0 Å². The number of benzene rings is 1. The van der Waals surface area contributed by atoms with E-state index in [1.54, 1.807) is 0 Å². The van der Waals surface area contributed by atoms with Crippen LogP contribution in [-0.4, -0.2) is 17.5 Å². The molecule has 2 rings (SSSR count). The highest BCUT2D eigenvalue weighted by Crippen LogP contribution is 2.47. The molecule has 0 spiro atoms. The Kier molecular flexibility index (Phi) is 3.84. The molecule has 0 bridgehead atoms. The van der Waals surface area contributed by atoms with Gasteiger partial charge in [0.05, 0.1) is 0 Å². The summed E-state index contributed by atoms with van der Waals surface area (Å²) in [6.45, 7) is 6.80. The average molecular weight is 249 g/mol. The maximum absolute atomic E-state index is 3.54. The van der Waals surface area contributed by atoms with E-state index >= 15 is 0 Å². The molecule has 0 aliphatic carbocycles. The smallest absolute Gasteiger partial charge is 0.0466 e. The predicted octanol–water partition coefficient (Wildman–Crippen LogP) is 3.85. The van der Waals surface area contributed by atoms with Crippen molar-refractivity contribution in [1.29, 1.82) is 0 Å². The number of aryl methyl sites for hydroxylation is 2. The zero-order chi connectivity index (χ0) is 12.5. The van der Waals surface area contributed by atoms with E-state index in [1.807, 2.05) is 0 Å². The Morgan fingerprint density at radius 3 is 2.65 bits per heavy atom. The van der Waals surface area contributed by atoms with Crippen LogP contribution in [0.4, 0.5) is 0 Å². The van der Waals surface area contributed by atoms with Crippen LogP contribution in [-0.2, 0) is 0 Å². The van der Waals surface area contributed by atoms with Gasteiger partial charge in [-0.1, -0.05) is 23.8 Å². The van der Waals surface area contributed by atoms with Gasteiger partial charge in [-0.15, -0.1) is 0 Å². The second-order valence-corrected chi connectivity index (χ2v) is 6.98. The van der Waals surface area contributed by atoms with Gasteiger partial charge in [0.1, 0.15) is 0 Å². The maximum atomic E-state index is 3.54. The van der Waals surface area contributed by atoms with Gasteiger partial charge in [0.25, 0.3) is 0 Å². The molecule has 1 aromatic carbocycles. The van der Waals surface area contributed by atoms with Gasteiger partial charge in [-0.25, -0.2) is 0 Å². The van der Waals surface area contributed by atoms with Crippen LogP contribution in [0.3, 0.4) is 0 Å². The van der Waals surface area contributed by atoms with Crippen LogP contribution in [0.2, 0.25) is 0 Å². The summed E-state index contributed by atoms with van der Waals surface area (Å²) in [4.78, 5) is 0. The molecule has 1 fully saturated rings. The minimum Gasteiger partial charge on any atom is -0.312 e. The Balaban J connectivity index is 2.34. The van der Waals surface area contributed by atoms with Crippen LogP contribution in [0.15, 0.2) is 18.2 Å². The van der Waals surface area contributed by atoms with Crippen LogP contribution in [0.1, 0.15) is 42.5 Å². The molecule has 17 heavy (non-hydrogen) atoms. The summed E-state index contributed by atoms with van der Waals surface area (Å²) in [6, 6.07) is 7.30. The fraction of sp³-hybridized carbons (Fsp3) is 0.600. The fourth-order valence-corrected chi connectivity index (χ4v) is 4.42. The van der Waals surface area contributed by atoms with Crippen molar-refractivity contribution in [2.45, 2.75) is 44.4 Å². The van der Waals surface area contributed by atoms with Crippen LogP contribution in [0, 0.1) is 13.8 Å². The van der Waals surface area contributed by atoms with E-state index in [9.17, 15) is 0 Å². The Morgan fingerprint density at radius 2 is 2.12 bits per heavy atom. The molecule has 0 aromatic heterocycles. The molecule has 2 unspecified atom stereocenters. The zero-order valence-electron chi connectivity index (χ0n) is 11.3. The zero-order valence-corrected chi connectivity index (χ0v) is 12.2. The first-order chi connectivity index (χ1) is 8.07. The molecule has 1 aliphatic rings. The minimum atomic E-state index is 0.356. The van der Waals surface area contributed by atoms with Gasteiger partial charge in [-0.2, -0.15) is 11.8 Å². The maximum Gasteiger partial charge on any atom is 0.0466 e. The molecule has 1 saturated heterocycles. The molecule has 1 heterocycles. The Labute approximate surface area is 109 Å². The van der Waals surface area contributed by atoms with E-state index in [4.69, 9.17) is 0 Å². The molecular weight excluding hydrogens is 226 g/mol. The van der Waals surface area contributed by atoms with Gasteiger partial charge in [0.2, 0.25) is 0 Å². The SMILES string of the molecule is CNC(c1ccc(C)cc1C)C1(C)CCCS1. The number of hydrogen-bond donors (Lipinski definition) is 1. The molecule has 1 aromatic rings. The van der Waals surface area contributed by atoms with E-state index in [0.717, 1.165) is 0 Å². The number of thioether (sulfide) groups is 1. The Bertz CT molecular complexity index is 394. The number of rotatable bonds is 3. The van der Waals surface area contributed by atoms with Gasteiger partial charge in [-0.05, 0) is 57.5 Å². The summed E-state index contributed by atoms with van der Waals surface area (Å²) in [5.74, 6) is 1.31. The monoisotopic (exact) mass is 249 g/mol. The minimum absolute atomic E-state index is 0.356. The summed E-state index contributed by atoms with van der Waals surface area (Å²) in [5, 5.41) is 3.54. The van der Waals surface area contributed by atoms with E-state index in [2.05, 4.69) is 63.1 Å². The van der Waals surface area contributed by atoms with Crippen molar-refractivity contribution in [2.24, 2.45) is 0 Å². The molecule has 1 nitrogen and oxygen atoms in total. The molecule has 1 N–H and O–H groups in total. The van der Waals surface area contributed by atoms with E-state index in [1.165, 1.54) is 35.3 Å². The molecule has 0 amide bonds. The van der Waals surface area contributed by atoms with Crippen molar-refractivity contribution in [3.05, 3.63) is 34.9 Å². The third-order valence-electron chi connectivity index (χ3n) is 3.88. The number of hydrogen-bond acceptors (Lipinski definition) is 2. The van der Waals surface area contributed by atoms with Gasteiger partial charge in [-0.3, -0.25) is 0 Å². The molecule has 2 heteroatoms. The Hall–Kier alpha value is -0.470. The first-order valence-corrected chi connectivity index (χ1v) is 7.44. The van der Waals surface area contributed by atoms with Crippen molar-refractivity contribution in [1.82, 2.24) is 5.32 Å². The van der Waals surface area contributed by atoms with Crippen molar-refractivity contribution in [3.8, 4) is 0 Å². The highest BCUT2D eigenvalue weighted by Gasteiger charge is 2.38. The lowest BCUT2D eigenvalue weighted by Gasteiger charge is -2.34. The van der Waals surface area contributed by atoms with Gasteiger partial charge in [0.15, 0.2) is 0 Å². The normalized spacial score (nSPS) is 26.1. The first-order valence-electron chi connectivity index (χ1n) is 6.45. The van der Waals surface area contributed by atoms with E-state index < -0.39 is 0 Å². The van der Waals surface area contributed by atoms with Gasteiger partial charge >= 0.3 is 0 Å². The Morgan fingerprint density at radius 1 is 1.35 bits per heavy atom. The second kappa shape index (κ2) is 5.03. The second-order valence-electron chi connectivity index (χ2n) is 5.35. The van der Waals surface area contributed by atoms with Crippen LogP contribution < -0.4 is 5.32 Å². The number of nitrogens with one attached hydrogen (secondary N) is 1. The molecule has 94 valence electrons. The van der Waals surface area contributed by atoms with Crippen molar-refractivity contribution < 1.29 is 0 Å². The van der Waals surface area contributed by atoms with Crippen molar-refractivity contribution in [3.63, 3.8) is 0 Å². The molecule has 0 saturated carbocycles.